The number of hydrogen-bond donors (Lipinski definition) is 2. The summed E-state index contributed by atoms with van der Waals surface area (Å²) in [5, 5.41) is 2.90. The maximum absolute atomic E-state index is 11.8. The van der Waals surface area contributed by atoms with Crippen molar-refractivity contribution in [2.45, 2.75) is 38.1 Å². The average molecular weight is 355 g/mol. The number of benzene rings is 1. The zero-order chi connectivity index (χ0) is 15.2. The third-order valence-corrected chi connectivity index (χ3v) is 4.26. The van der Waals surface area contributed by atoms with Gasteiger partial charge in [0.25, 0.3) is 5.91 Å². The van der Waals surface area contributed by atoms with Crippen LogP contribution in [0, 0.1) is 0 Å². The second-order valence-corrected chi connectivity index (χ2v) is 6.07. The van der Waals surface area contributed by atoms with E-state index in [4.69, 9.17) is 10.5 Å². The number of halogens is 1. The summed E-state index contributed by atoms with van der Waals surface area (Å²) < 4.78 is 5.72. The SMILES string of the molecule is Nc1cc(C(=O)OCC(=O)NC2CCCCC2)ccc1Br. The molecule has 0 aliphatic heterocycles. The molecule has 0 heterocycles. The summed E-state index contributed by atoms with van der Waals surface area (Å²) in [4.78, 5) is 23.6. The van der Waals surface area contributed by atoms with Crippen molar-refractivity contribution in [3.05, 3.63) is 28.2 Å². The largest absolute Gasteiger partial charge is 0.452 e. The van der Waals surface area contributed by atoms with Gasteiger partial charge in [-0.25, -0.2) is 4.79 Å². The second kappa shape index (κ2) is 7.45. The van der Waals surface area contributed by atoms with Gasteiger partial charge in [-0.1, -0.05) is 19.3 Å². The Morgan fingerprint density at radius 1 is 1.29 bits per heavy atom. The van der Waals surface area contributed by atoms with Gasteiger partial charge in [-0.05, 0) is 47.0 Å². The molecule has 0 aromatic heterocycles. The zero-order valence-electron chi connectivity index (χ0n) is 11.7. The number of nitrogens with two attached hydrogens (primary N) is 1. The summed E-state index contributed by atoms with van der Waals surface area (Å²) in [6.45, 7) is -0.259. The summed E-state index contributed by atoms with van der Waals surface area (Å²) in [6, 6.07) is 5.01. The van der Waals surface area contributed by atoms with E-state index >= 15 is 0 Å². The number of carbonyl (C=O) groups is 2. The molecular weight excluding hydrogens is 336 g/mol. The van der Waals surface area contributed by atoms with Crippen LogP contribution in [0.4, 0.5) is 5.69 Å². The van der Waals surface area contributed by atoms with Crippen molar-refractivity contribution in [3.63, 3.8) is 0 Å². The molecular formula is C15H19BrN2O3. The first-order valence-electron chi connectivity index (χ1n) is 7.08. The lowest BCUT2D eigenvalue weighted by Crippen LogP contribution is -2.38. The first-order chi connectivity index (χ1) is 10.1. The number of esters is 1. The predicted octanol–water partition coefficient (Wildman–Crippen LogP) is 2.64. The minimum Gasteiger partial charge on any atom is -0.452 e. The molecule has 6 heteroatoms. The first-order valence-corrected chi connectivity index (χ1v) is 7.87. The summed E-state index contributed by atoms with van der Waals surface area (Å²) in [7, 11) is 0. The van der Waals surface area contributed by atoms with Crippen LogP contribution in [0.5, 0.6) is 0 Å². The quantitative estimate of drug-likeness (QED) is 0.643. The third kappa shape index (κ3) is 4.74. The first kappa shape index (κ1) is 15.8. The summed E-state index contributed by atoms with van der Waals surface area (Å²) in [5.41, 5.74) is 6.49. The number of carbonyl (C=O) groups excluding carboxylic acids is 2. The van der Waals surface area contributed by atoms with Crippen LogP contribution in [0.2, 0.25) is 0 Å². The molecule has 0 atom stereocenters. The fourth-order valence-corrected chi connectivity index (χ4v) is 2.65. The Labute approximate surface area is 132 Å². The van der Waals surface area contributed by atoms with Crippen LogP contribution >= 0.6 is 15.9 Å². The van der Waals surface area contributed by atoms with Crippen molar-refractivity contribution < 1.29 is 14.3 Å². The fraction of sp³-hybridized carbons (Fsp3) is 0.467. The maximum atomic E-state index is 11.8. The Bertz CT molecular complexity index is 528. The van der Waals surface area contributed by atoms with Crippen molar-refractivity contribution in [1.82, 2.24) is 5.32 Å². The van der Waals surface area contributed by atoms with Crippen LogP contribution < -0.4 is 11.1 Å². The highest BCUT2D eigenvalue weighted by Gasteiger charge is 2.17. The number of anilines is 1. The summed E-state index contributed by atoms with van der Waals surface area (Å²) in [5.74, 6) is -0.798. The molecule has 114 valence electrons. The van der Waals surface area contributed by atoms with Crippen LogP contribution in [-0.2, 0) is 9.53 Å². The summed E-state index contributed by atoms with van der Waals surface area (Å²) in [6.07, 6.45) is 5.52. The Balaban J connectivity index is 1.80. The minimum atomic E-state index is -0.548. The molecule has 1 amide bonds. The van der Waals surface area contributed by atoms with Crippen molar-refractivity contribution in [2.24, 2.45) is 0 Å². The standard InChI is InChI=1S/C15H19BrN2O3/c16-12-7-6-10(8-13(12)17)15(20)21-9-14(19)18-11-4-2-1-3-5-11/h6-8,11H,1-5,9,17H2,(H,18,19). The fourth-order valence-electron chi connectivity index (χ4n) is 2.40. The van der Waals surface area contributed by atoms with Gasteiger partial charge in [0.2, 0.25) is 0 Å². The lowest BCUT2D eigenvalue weighted by atomic mass is 9.95. The molecule has 0 radical (unpaired) electrons. The molecule has 1 aliphatic rings. The second-order valence-electron chi connectivity index (χ2n) is 5.21. The zero-order valence-corrected chi connectivity index (χ0v) is 13.3. The van der Waals surface area contributed by atoms with Crippen molar-refractivity contribution in [1.29, 1.82) is 0 Å². The molecule has 0 spiro atoms. The van der Waals surface area contributed by atoms with E-state index in [1.807, 2.05) is 0 Å². The highest BCUT2D eigenvalue weighted by Crippen LogP contribution is 2.20. The lowest BCUT2D eigenvalue weighted by Gasteiger charge is -2.22. The van der Waals surface area contributed by atoms with E-state index in [9.17, 15) is 9.59 Å². The van der Waals surface area contributed by atoms with Gasteiger partial charge in [0.05, 0.1) is 5.56 Å². The number of amides is 1. The molecule has 1 saturated carbocycles. The van der Waals surface area contributed by atoms with Gasteiger partial charge in [-0.2, -0.15) is 0 Å². The molecule has 1 aromatic carbocycles. The molecule has 3 N–H and O–H groups in total. The van der Waals surface area contributed by atoms with Crippen LogP contribution in [0.3, 0.4) is 0 Å². The molecule has 0 saturated heterocycles. The smallest absolute Gasteiger partial charge is 0.338 e. The molecule has 0 unspecified atom stereocenters. The van der Waals surface area contributed by atoms with Gasteiger partial charge >= 0.3 is 5.97 Å². The molecule has 0 bridgehead atoms. The average Bonchev–Trinajstić information content (AvgIpc) is 2.48. The number of rotatable bonds is 4. The molecule has 2 rings (SSSR count). The monoisotopic (exact) mass is 354 g/mol. The van der Waals surface area contributed by atoms with Crippen LogP contribution in [0.1, 0.15) is 42.5 Å². The Kier molecular flexibility index (Phi) is 5.61. The van der Waals surface area contributed by atoms with Crippen LogP contribution in [-0.4, -0.2) is 24.5 Å². The molecule has 1 aromatic rings. The minimum absolute atomic E-state index is 0.216. The van der Waals surface area contributed by atoms with Crippen molar-refractivity contribution >= 4 is 33.5 Å². The van der Waals surface area contributed by atoms with Gasteiger partial charge in [0, 0.05) is 16.2 Å². The number of hydrogen-bond acceptors (Lipinski definition) is 4. The topological polar surface area (TPSA) is 81.4 Å². The van der Waals surface area contributed by atoms with Gasteiger partial charge in [-0.15, -0.1) is 0 Å². The van der Waals surface area contributed by atoms with Gasteiger partial charge < -0.3 is 15.8 Å². The number of nitrogens with one attached hydrogen (secondary N) is 1. The van der Waals surface area contributed by atoms with Gasteiger partial charge in [0.1, 0.15) is 0 Å². The van der Waals surface area contributed by atoms with E-state index in [0.717, 1.165) is 25.7 Å². The Morgan fingerprint density at radius 2 is 2.00 bits per heavy atom. The van der Waals surface area contributed by atoms with Gasteiger partial charge in [0.15, 0.2) is 6.61 Å². The van der Waals surface area contributed by atoms with Crippen molar-refractivity contribution in [2.75, 3.05) is 12.3 Å². The number of ether oxygens (including phenoxy) is 1. The van der Waals surface area contributed by atoms with E-state index in [0.29, 0.717) is 15.7 Å². The molecule has 1 aliphatic carbocycles. The molecule has 1 fully saturated rings. The summed E-state index contributed by atoms with van der Waals surface area (Å²) >= 11 is 3.25. The van der Waals surface area contributed by atoms with E-state index in [1.54, 1.807) is 12.1 Å². The maximum Gasteiger partial charge on any atom is 0.338 e. The van der Waals surface area contributed by atoms with E-state index in [1.165, 1.54) is 12.5 Å². The number of nitrogen functional groups attached to an aromatic ring is 1. The van der Waals surface area contributed by atoms with E-state index in [2.05, 4.69) is 21.2 Å². The van der Waals surface area contributed by atoms with E-state index in [-0.39, 0.29) is 18.6 Å². The normalized spacial score (nSPS) is 15.5. The highest BCUT2D eigenvalue weighted by atomic mass is 79.9. The predicted molar refractivity (Wildman–Crippen MR) is 83.9 cm³/mol. The third-order valence-electron chi connectivity index (χ3n) is 3.54. The van der Waals surface area contributed by atoms with Crippen molar-refractivity contribution in [3.8, 4) is 0 Å². The van der Waals surface area contributed by atoms with Gasteiger partial charge in [-0.3, -0.25) is 4.79 Å². The Morgan fingerprint density at radius 3 is 2.67 bits per heavy atom. The Hall–Kier alpha value is -1.56. The van der Waals surface area contributed by atoms with Crippen LogP contribution in [0.25, 0.3) is 0 Å². The van der Waals surface area contributed by atoms with E-state index < -0.39 is 5.97 Å². The highest BCUT2D eigenvalue weighted by molar-refractivity contribution is 9.10. The molecule has 5 nitrogen and oxygen atoms in total. The van der Waals surface area contributed by atoms with Crippen LogP contribution in [0.15, 0.2) is 22.7 Å². The lowest BCUT2D eigenvalue weighted by molar-refractivity contribution is -0.125. The molecule has 21 heavy (non-hydrogen) atoms.